The molecule has 0 amide bonds. The number of rotatable bonds is 11. The van der Waals surface area contributed by atoms with Crippen molar-refractivity contribution in [1.82, 2.24) is 15.5 Å². The Bertz CT molecular complexity index is 240. The van der Waals surface area contributed by atoms with Crippen LogP contribution in [0.2, 0.25) is 0 Å². The maximum absolute atomic E-state index is 6.42. The van der Waals surface area contributed by atoms with E-state index in [1.807, 2.05) is 7.05 Å². The minimum absolute atomic E-state index is 0.702. The Morgan fingerprint density at radius 3 is 2.26 bits per heavy atom. The summed E-state index contributed by atoms with van der Waals surface area (Å²) in [5.41, 5.74) is 5.59. The summed E-state index contributed by atoms with van der Waals surface area (Å²) in [4.78, 5) is 2.26. The zero-order valence-electron chi connectivity index (χ0n) is 13.5. The number of hydrogen-bond donors (Lipinski definition) is 3. The standard InChI is InChI=1S/C12H34N4OS2/c1-14-8-9-15-11-18(3,4)17-19(5,6)12-16(2)10-7-13/h14-15H,7-13H2,1-6H3. The van der Waals surface area contributed by atoms with E-state index in [9.17, 15) is 0 Å². The van der Waals surface area contributed by atoms with E-state index in [1.165, 1.54) is 0 Å². The molecular formula is C12H34N4OS2. The molecule has 0 aromatic rings. The molecule has 19 heavy (non-hydrogen) atoms. The highest BCUT2D eigenvalue weighted by Crippen LogP contribution is 2.57. The van der Waals surface area contributed by atoms with Crippen molar-refractivity contribution in [3.63, 3.8) is 0 Å². The monoisotopic (exact) mass is 314 g/mol. The molecular weight excluding hydrogens is 280 g/mol. The van der Waals surface area contributed by atoms with Crippen molar-refractivity contribution in [2.24, 2.45) is 5.73 Å². The van der Waals surface area contributed by atoms with Gasteiger partial charge in [-0.25, -0.2) is 0 Å². The fourth-order valence-electron chi connectivity index (χ4n) is 1.89. The summed E-state index contributed by atoms with van der Waals surface area (Å²) in [5.74, 6) is 1.93. The molecule has 0 aromatic carbocycles. The Balaban J connectivity index is 4.13. The van der Waals surface area contributed by atoms with Crippen molar-refractivity contribution < 1.29 is 3.63 Å². The molecule has 0 saturated heterocycles. The van der Waals surface area contributed by atoms with Gasteiger partial charge in [-0.15, -0.1) is 20.6 Å². The number of nitrogens with one attached hydrogen (secondary N) is 2. The molecule has 0 saturated carbocycles. The number of hydrogen-bond acceptors (Lipinski definition) is 5. The fourth-order valence-corrected chi connectivity index (χ4v) is 8.07. The van der Waals surface area contributed by atoms with Crippen LogP contribution in [0.4, 0.5) is 0 Å². The predicted octanol–water partition coefficient (Wildman–Crippen LogP) is 0.576. The first-order chi connectivity index (χ1) is 8.72. The lowest BCUT2D eigenvalue weighted by Gasteiger charge is -2.44. The average Bonchev–Trinajstić information content (AvgIpc) is 2.22. The molecule has 0 heterocycles. The van der Waals surface area contributed by atoms with Crippen LogP contribution in [0.25, 0.3) is 0 Å². The molecule has 120 valence electrons. The third kappa shape index (κ3) is 10.9. The molecule has 0 aliphatic heterocycles. The van der Waals surface area contributed by atoms with Gasteiger partial charge in [0.25, 0.3) is 0 Å². The van der Waals surface area contributed by atoms with E-state index in [1.54, 1.807) is 0 Å². The van der Waals surface area contributed by atoms with E-state index >= 15 is 0 Å². The van der Waals surface area contributed by atoms with E-state index in [0.29, 0.717) is 6.54 Å². The lowest BCUT2D eigenvalue weighted by atomic mass is 10.6. The van der Waals surface area contributed by atoms with Gasteiger partial charge in [0.05, 0.1) is 5.88 Å². The molecule has 0 spiro atoms. The van der Waals surface area contributed by atoms with Gasteiger partial charge in [-0.3, -0.25) is 8.53 Å². The van der Waals surface area contributed by atoms with Crippen LogP contribution >= 0.6 is 20.6 Å². The molecule has 7 heteroatoms. The van der Waals surface area contributed by atoms with Crippen LogP contribution < -0.4 is 16.4 Å². The highest BCUT2D eigenvalue weighted by atomic mass is 32.3. The average molecular weight is 315 g/mol. The van der Waals surface area contributed by atoms with Crippen molar-refractivity contribution >= 4 is 20.6 Å². The quantitative estimate of drug-likeness (QED) is 0.487. The van der Waals surface area contributed by atoms with Crippen LogP contribution in [-0.4, -0.2) is 82.0 Å². The zero-order chi connectivity index (χ0) is 14.9. The second kappa shape index (κ2) is 9.44. The largest absolute Gasteiger partial charge is 0.329 e. The van der Waals surface area contributed by atoms with E-state index < -0.39 is 20.6 Å². The van der Waals surface area contributed by atoms with Gasteiger partial charge >= 0.3 is 0 Å². The minimum atomic E-state index is -1.05. The Morgan fingerprint density at radius 1 is 1.11 bits per heavy atom. The van der Waals surface area contributed by atoms with Crippen molar-refractivity contribution in [1.29, 1.82) is 0 Å². The molecule has 4 N–H and O–H groups in total. The maximum atomic E-state index is 6.42. The maximum Gasteiger partial charge on any atom is 0.0503 e. The molecule has 0 aliphatic carbocycles. The first kappa shape index (κ1) is 19.5. The third-order valence-corrected chi connectivity index (χ3v) is 7.32. The van der Waals surface area contributed by atoms with Crippen LogP contribution in [0.15, 0.2) is 0 Å². The Morgan fingerprint density at radius 2 is 1.74 bits per heavy atom. The summed E-state index contributed by atoms with van der Waals surface area (Å²) in [7, 11) is 1.99. The van der Waals surface area contributed by atoms with Crippen LogP contribution in [0.3, 0.4) is 0 Å². The minimum Gasteiger partial charge on any atom is -0.329 e. The van der Waals surface area contributed by atoms with Crippen molar-refractivity contribution in [3.8, 4) is 0 Å². The van der Waals surface area contributed by atoms with Gasteiger partial charge in [0.2, 0.25) is 0 Å². The molecule has 0 rings (SSSR count). The predicted molar refractivity (Wildman–Crippen MR) is 93.3 cm³/mol. The first-order valence-electron chi connectivity index (χ1n) is 6.59. The third-order valence-electron chi connectivity index (χ3n) is 2.41. The normalized spacial score (nSPS) is 14.9. The van der Waals surface area contributed by atoms with Gasteiger partial charge in [-0.05, 0) is 39.1 Å². The summed E-state index contributed by atoms with van der Waals surface area (Å²) in [6, 6.07) is 0. The molecule has 0 aromatic heterocycles. The molecule has 0 bridgehead atoms. The topological polar surface area (TPSA) is 62.5 Å². The van der Waals surface area contributed by atoms with Crippen molar-refractivity contribution in [3.05, 3.63) is 0 Å². The second-order valence-corrected chi connectivity index (χ2v) is 12.5. The molecule has 0 fully saturated rings. The lowest BCUT2D eigenvalue weighted by Crippen LogP contribution is -2.32. The summed E-state index contributed by atoms with van der Waals surface area (Å²) in [6.45, 7) is 3.61. The Labute approximate surface area is 123 Å². The number of nitrogens with zero attached hydrogens (tertiary/aromatic N) is 1. The Kier molecular flexibility index (Phi) is 9.69. The van der Waals surface area contributed by atoms with Gasteiger partial charge in [0.1, 0.15) is 0 Å². The lowest BCUT2D eigenvalue weighted by molar-refractivity contribution is 0.395. The molecule has 0 unspecified atom stereocenters. The van der Waals surface area contributed by atoms with Crippen molar-refractivity contribution in [2.45, 2.75) is 0 Å². The SMILES string of the molecule is CNCCNCS(C)(C)OS(C)(C)CN(C)CCN. The Hall–Kier alpha value is 0.500. The van der Waals surface area contributed by atoms with E-state index in [2.05, 4.69) is 47.6 Å². The van der Waals surface area contributed by atoms with Crippen LogP contribution in [-0.2, 0) is 3.63 Å². The van der Waals surface area contributed by atoms with Gasteiger partial charge in [0.15, 0.2) is 0 Å². The van der Waals surface area contributed by atoms with Crippen molar-refractivity contribution in [2.75, 3.05) is 77.1 Å². The number of likely N-dealkylation sites (N-methyl/N-ethyl adjacent to an activating group) is 2. The number of nitrogens with two attached hydrogens (primary N) is 1. The molecule has 5 nitrogen and oxygen atoms in total. The molecule has 0 radical (unpaired) electrons. The second-order valence-electron chi connectivity index (χ2n) is 5.69. The van der Waals surface area contributed by atoms with Gasteiger partial charge in [0, 0.05) is 32.1 Å². The molecule has 0 atom stereocenters. The molecule has 0 aliphatic rings. The fraction of sp³-hybridized carbons (Fsp3) is 1.00. The summed E-state index contributed by atoms with van der Waals surface area (Å²) < 4.78 is 6.42. The van der Waals surface area contributed by atoms with Gasteiger partial charge in [-0.1, -0.05) is 0 Å². The zero-order valence-corrected chi connectivity index (χ0v) is 15.1. The summed E-state index contributed by atoms with van der Waals surface area (Å²) in [6.07, 6.45) is 8.94. The van der Waals surface area contributed by atoms with E-state index in [4.69, 9.17) is 9.36 Å². The van der Waals surface area contributed by atoms with E-state index in [-0.39, 0.29) is 0 Å². The van der Waals surface area contributed by atoms with E-state index in [0.717, 1.165) is 31.4 Å². The highest BCUT2D eigenvalue weighted by Gasteiger charge is 2.23. The smallest absolute Gasteiger partial charge is 0.0503 e. The first-order valence-corrected chi connectivity index (χ1v) is 11.7. The summed E-state index contributed by atoms with van der Waals surface area (Å²) in [5, 5.41) is 6.59. The van der Waals surface area contributed by atoms with Gasteiger partial charge < -0.3 is 16.4 Å². The summed E-state index contributed by atoms with van der Waals surface area (Å²) >= 11 is 0. The van der Waals surface area contributed by atoms with Crippen LogP contribution in [0, 0.1) is 0 Å². The highest BCUT2D eigenvalue weighted by molar-refractivity contribution is 8.40. The van der Waals surface area contributed by atoms with Gasteiger partial charge in [-0.2, -0.15) is 0 Å². The van der Waals surface area contributed by atoms with Crippen LogP contribution in [0.5, 0.6) is 0 Å². The van der Waals surface area contributed by atoms with Crippen LogP contribution in [0.1, 0.15) is 0 Å².